The van der Waals surface area contributed by atoms with Crippen LogP contribution < -0.4 is 11.1 Å². The van der Waals surface area contributed by atoms with Crippen LogP contribution in [0.5, 0.6) is 0 Å². The molecule has 0 saturated heterocycles. The lowest BCUT2D eigenvalue weighted by Crippen LogP contribution is -2.31. The largest absolute Gasteiger partial charge is 0.480 e. The molecule has 1 aromatic carbocycles. The third-order valence-electron chi connectivity index (χ3n) is 4.23. The number of Topliss-reactive ketones (excluding diaryl/α,β-unsaturated/α-hetero) is 1. The van der Waals surface area contributed by atoms with Gasteiger partial charge >= 0.3 is 5.97 Å². The Labute approximate surface area is 144 Å². The van der Waals surface area contributed by atoms with Crippen molar-refractivity contribution in [3.05, 3.63) is 29.8 Å². The number of carboxylic acids is 1. The number of benzene rings is 1. The van der Waals surface area contributed by atoms with E-state index in [1.807, 2.05) is 24.3 Å². The summed E-state index contributed by atoms with van der Waals surface area (Å²) in [7, 11) is 0. The number of carbonyl (C=O) groups is 2. The molecule has 134 valence electrons. The minimum atomic E-state index is -0.988. The number of anilines is 1. The van der Waals surface area contributed by atoms with Crippen molar-refractivity contribution in [2.45, 2.75) is 70.9 Å². The van der Waals surface area contributed by atoms with Gasteiger partial charge in [-0.3, -0.25) is 9.59 Å². The molecule has 0 aliphatic rings. The van der Waals surface area contributed by atoms with E-state index in [1.54, 1.807) is 6.92 Å². The minimum Gasteiger partial charge on any atom is -0.480 e. The summed E-state index contributed by atoms with van der Waals surface area (Å²) >= 11 is 0. The molecule has 0 radical (unpaired) electrons. The van der Waals surface area contributed by atoms with Crippen LogP contribution in [0.1, 0.15) is 57.9 Å². The van der Waals surface area contributed by atoms with Gasteiger partial charge in [-0.15, -0.1) is 0 Å². The van der Waals surface area contributed by atoms with Gasteiger partial charge in [-0.25, -0.2) is 0 Å². The standard InChI is InChI=1S/C19H30N2O3/c1-3-4-5-6-10-17(14(2)22)21-18-11-8-7-9-15(18)12-13-16(20)19(23)24/h7-9,11,16-17,21H,3-6,10,12-13,20H2,1-2H3,(H,23,24). The minimum absolute atomic E-state index is 0.128. The van der Waals surface area contributed by atoms with E-state index in [-0.39, 0.29) is 11.8 Å². The SMILES string of the molecule is CCCCCCC(Nc1ccccc1CCC(N)C(=O)O)C(C)=O. The molecular weight excluding hydrogens is 304 g/mol. The van der Waals surface area contributed by atoms with Crippen molar-refractivity contribution >= 4 is 17.4 Å². The topological polar surface area (TPSA) is 92.4 Å². The fraction of sp³-hybridized carbons (Fsp3) is 0.579. The van der Waals surface area contributed by atoms with Crippen molar-refractivity contribution in [2.24, 2.45) is 5.73 Å². The van der Waals surface area contributed by atoms with E-state index in [1.165, 1.54) is 12.8 Å². The number of hydrogen-bond donors (Lipinski definition) is 3. The predicted octanol–water partition coefficient (Wildman–Crippen LogP) is 3.37. The average Bonchev–Trinajstić information content (AvgIpc) is 2.56. The van der Waals surface area contributed by atoms with Gasteiger partial charge < -0.3 is 16.2 Å². The van der Waals surface area contributed by atoms with Crippen molar-refractivity contribution < 1.29 is 14.7 Å². The quantitative estimate of drug-likeness (QED) is 0.510. The second kappa shape index (κ2) is 10.8. The van der Waals surface area contributed by atoms with Crippen molar-refractivity contribution in [3.63, 3.8) is 0 Å². The summed E-state index contributed by atoms with van der Waals surface area (Å²) in [5.41, 5.74) is 7.47. The summed E-state index contributed by atoms with van der Waals surface area (Å²) in [6, 6.07) is 6.65. The molecule has 0 heterocycles. The van der Waals surface area contributed by atoms with Gasteiger partial charge in [0, 0.05) is 5.69 Å². The Bertz CT molecular complexity index is 531. The van der Waals surface area contributed by atoms with Crippen molar-refractivity contribution in [1.82, 2.24) is 0 Å². The molecule has 1 rings (SSSR count). The van der Waals surface area contributed by atoms with E-state index in [4.69, 9.17) is 10.8 Å². The van der Waals surface area contributed by atoms with Crippen molar-refractivity contribution in [2.75, 3.05) is 5.32 Å². The van der Waals surface area contributed by atoms with E-state index in [0.717, 1.165) is 30.5 Å². The van der Waals surface area contributed by atoms with Crippen LogP contribution in [0.25, 0.3) is 0 Å². The van der Waals surface area contributed by atoms with Gasteiger partial charge in [-0.05, 0) is 37.8 Å². The van der Waals surface area contributed by atoms with Crippen LogP contribution in [0.3, 0.4) is 0 Å². The number of rotatable bonds is 12. The average molecular weight is 334 g/mol. The van der Waals surface area contributed by atoms with Crippen LogP contribution >= 0.6 is 0 Å². The number of carbonyl (C=O) groups excluding carboxylic acids is 1. The second-order valence-corrected chi connectivity index (χ2v) is 6.30. The molecule has 24 heavy (non-hydrogen) atoms. The Kier molecular flexibility index (Phi) is 9.08. The first kappa shape index (κ1) is 20.2. The lowest BCUT2D eigenvalue weighted by atomic mass is 10.0. The number of hydrogen-bond acceptors (Lipinski definition) is 4. The third kappa shape index (κ3) is 7.13. The highest BCUT2D eigenvalue weighted by Crippen LogP contribution is 2.20. The van der Waals surface area contributed by atoms with E-state index < -0.39 is 12.0 Å². The van der Waals surface area contributed by atoms with Gasteiger partial charge in [0.1, 0.15) is 6.04 Å². The van der Waals surface area contributed by atoms with E-state index >= 15 is 0 Å². The predicted molar refractivity (Wildman–Crippen MR) is 97.2 cm³/mol. The van der Waals surface area contributed by atoms with Crippen LogP contribution in [0.4, 0.5) is 5.69 Å². The zero-order chi connectivity index (χ0) is 17.9. The lowest BCUT2D eigenvalue weighted by molar-refractivity contribution is -0.138. The maximum Gasteiger partial charge on any atom is 0.320 e. The van der Waals surface area contributed by atoms with Crippen LogP contribution in [0.2, 0.25) is 0 Å². The van der Waals surface area contributed by atoms with E-state index in [2.05, 4.69) is 12.2 Å². The summed E-state index contributed by atoms with van der Waals surface area (Å²) in [6.45, 7) is 3.78. The van der Waals surface area contributed by atoms with Gasteiger partial charge in [0.2, 0.25) is 0 Å². The number of unbranched alkanes of at least 4 members (excludes halogenated alkanes) is 3. The first-order chi connectivity index (χ1) is 11.5. The number of carboxylic acid groups (broad SMARTS) is 1. The fourth-order valence-electron chi connectivity index (χ4n) is 2.65. The Morgan fingerprint density at radius 1 is 1.17 bits per heavy atom. The highest BCUT2D eigenvalue weighted by atomic mass is 16.4. The Morgan fingerprint density at radius 3 is 2.50 bits per heavy atom. The Morgan fingerprint density at radius 2 is 1.88 bits per heavy atom. The van der Waals surface area contributed by atoms with Gasteiger partial charge in [-0.2, -0.15) is 0 Å². The summed E-state index contributed by atoms with van der Waals surface area (Å²) in [6.07, 6.45) is 6.28. The molecule has 2 atom stereocenters. The number of aliphatic carboxylic acids is 1. The van der Waals surface area contributed by atoms with Gasteiger partial charge in [0.25, 0.3) is 0 Å². The molecule has 0 fully saturated rings. The van der Waals surface area contributed by atoms with E-state index in [9.17, 15) is 9.59 Å². The monoisotopic (exact) mass is 334 g/mol. The molecule has 0 aliphatic heterocycles. The summed E-state index contributed by atoms with van der Waals surface area (Å²) in [5, 5.41) is 12.2. The molecule has 5 heteroatoms. The first-order valence-electron chi connectivity index (χ1n) is 8.79. The summed E-state index contributed by atoms with van der Waals surface area (Å²) < 4.78 is 0. The number of nitrogens with one attached hydrogen (secondary N) is 1. The highest BCUT2D eigenvalue weighted by molar-refractivity contribution is 5.84. The number of nitrogens with two attached hydrogens (primary N) is 1. The second-order valence-electron chi connectivity index (χ2n) is 6.30. The number of ketones is 1. The molecule has 0 bridgehead atoms. The normalized spacial score (nSPS) is 13.3. The van der Waals surface area contributed by atoms with Crippen LogP contribution in [0, 0.1) is 0 Å². The molecule has 0 aromatic heterocycles. The van der Waals surface area contributed by atoms with Crippen LogP contribution in [0.15, 0.2) is 24.3 Å². The van der Waals surface area contributed by atoms with Crippen LogP contribution in [-0.4, -0.2) is 28.9 Å². The smallest absolute Gasteiger partial charge is 0.320 e. The van der Waals surface area contributed by atoms with Crippen LogP contribution in [-0.2, 0) is 16.0 Å². The van der Waals surface area contributed by atoms with Crippen molar-refractivity contribution in [3.8, 4) is 0 Å². The molecule has 0 aliphatic carbocycles. The summed E-state index contributed by atoms with van der Waals surface area (Å²) in [4.78, 5) is 22.8. The maximum atomic E-state index is 11.9. The molecule has 5 nitrogen and oxygen atoms in total. The fourth-order valence-corrected chi connectivity index (χ4v) is 2.65. The molecule has 1 aromatic rings. The molecule has 0 amide bonds. The first-order valence-corrected chi connectivity index (χ1v) is 8.79. The maximum absolute atomic E-state index is 11.9. The zero-order valence-corrected chi connectivity index (χ0v) is 14.8. The van der Waals surface area contributed by atoms with Gasteiger partial charge in [-0.1, -0.05) is 50.8 Å². The highest BCUT2D eigenvalue weighted by Gasteiger charge is 2.16. The zero-order valence-electron chi connectivity index (χ0n) is 14.8. The van der Waals surface area contributed by atoms with Gasteiger partial charge in [0.05, 0.1) is 6.04 Å². The van der Waals surface area contributed by atoms with Crippen molar-refractivity contribution in [1.29, 1.82) is 0 Å². The third-order valence-corrected chi connectivity index (χ3v) is 4.23. The lowest BCUT2D eigenvalue weighted by Gasteiger charge is -2.20. The Balaban J connectivity index is 2.69. The molecule has 4 N–H and O–H groups in total. The summed E-state index contributed by atoms with van der Waals surface area (Å²) in [5.74, 6) is -0.860. The number of para-hydroxylation sites is 1. The Hall–Kier alpha value is -1.88. The van der Waals surface area contributed by atoms with E-state index in [0.29, 0.717) is 12.8 Å². The molecule has 2 unspecified atom stereocenters. The molecular formula is C19H30N2O3. The molecule has 0 saturated carbocycles. The number of aryl methyl sites for hydroxylation is 1. The molecule has 0 spiro atoms. The van der Waals surface area contributed by atoms with Gasteiger partial charge in [0.15, 0.2) is 5.78 Å².